The van der Waals surface area contributed by atoms with Gasteiger partial charge >= 0.3 is 23.9 Å². The van der Waals surface area contributed by atoms with E-state index in [1.54, 1.807) is 0 Å². The quantitative estimate of drug-likeness (QED) is 0.0439. The van der Waals surface area contributed by atoms with Crippen LogP contribution in [0.15, 0.2) is 84.9 Å². The number of hydrogen-bond donors (Lipinski definition) is 2. The molecule has 10 rings (SSSR count). The fourth-order valence-corrected chi connectivity index (χ4v) is 11.7. The molecule has 78 heavy (non-hydrogen) atoms. The van der Waals surface area contributed by atoms with Gasteiger partial charge in [0.05, 0.1) is 50.7 Å². The zero-order chi connectivity index (χ0) is 53.9. The molecule has 2 aromatic carbocycles. The molecule has 0 amide bonds. The third kappa shape index (κ3) is 15.3. The van der Waals surface area contributed by atoms with Gasteiger partial charge in [0, 0.05) is 101 Å². The molecule has 4 fully saturated rings. The van der Waals surface area contributed by atoms with Gasteiger partial charge in [-0.15, -0.1) is 0 Å². The number of pyridine rings is 2. The van der Waals surface area contributed by atoms with Gasteiger partial charge in [0.25, 0.3) is 0 Å². The van der Waals surface area contributed by atoms with Gasteiger partial charge in [0.15, 0.2) is 0 Å². The molecule has 6 aliphatic rings. The Morgan fingerprint density at radius 1 is 0.679 bits per heavy atom. The number of nitrogens with zero attached hydrogens (tertiary/aromatic N) is 4. The van der Waals surface area contributed by atoms with Gasteiger partial charge < -0.3 is 39.1 Å². The largest absolute Gasteiger partial charge is 0.488 e. The molecular formula is C60H72F2N6O10. The third-order valence-corrected chi connectivity index (χ3v) is 15.9. The Bertz CT molecular complexity index is 2600. The number of benzene rings is 2. The summed E-state index contributed by atoms with van der Waals surface area (Å²) in [4.78, 5) is 66.8. The first-order valence-corrected chi connectivity index (χ1v) is 28.0. The van der Waals surface area contributed by atoms with Gasteiger partial charge in [-0.25, -0.2) is 23.4 Å². The van der Waals surface area contributed by atoms with Crippen molar-refractivity contribution in [3.8, 4) is 11.5 Å². The number of halogens is 2. The topological polar surface area (TPSA) is 180 Å². The maximum Gasteiger partial charge on any atom is 0.338 e. The van der Waals surface area contributed by atoms with Crippen LogP contribution in [-0.2, 0) is 63.8 Å². The molecule has 8 heterocycles. The number of rotatable bonds is 22. The predicted molar refractivity (Wildman–Crippen MR) is 287 cm³/mol. The number of ether oxygens (including phenoxy) is 6. The first-order valence-electron chi connectivity index (χ1n) is 28.0. The number of carbonyl (C=O) groups excluding carboxylic acids is 4. The molecule has 0 unspecified atom stereocenters. The average Bonchev–Trinajstić information content (AvgIpc) is 4.30. The van der Waals surface area contributed by atoms with Crippen LogP contribution in [0, 0.1) is 0 Å². The molecule has 18 heteroatoms. The minimum absolute atomic E-state index is 0.108. The van der Waals surface area contributed by atoms with Crippen LogP contribution < -0.4 is 20.1 Å². The van der Waals surface area contributed by atoms with Crippen LogP contribution in [0.4, 0.5) is 20.3 Å². The minimum Gasteiger partial charge on any atom is -0.488 e. The minimum atomic E-state index is -1.46. The Morgan fingerprint density at radius 3 is 1.78 bits per heavy atom. The maximum absolute atomic E-state index is 16.5. The number of fused-ring (bicyclic) bond motifs is 2. The molecule has 416 valence electrons. The summed E-state index contributed by atoms with van der Waals surface area (Å²) in [5.41, 5.74) is 3.56. The lowest BCUT2D eigenvalue weighted by Crippen LogP contribution is -2.33. The van der Waals surface area contributed by atoms with E-state index in [-0.39, 0.29) is 38.1 Å². The molecule has 0 spiro atoms. The normalized spacial score (nSPS) is 23.9. The monoisotopic (exact) mass is 1070 g/mol. The summed E-state index contributed by atoms with van der Waals surface area (Å²) in [5.74, 6) is -2.88. The van der Waals surface area contributed by atoms with Gasteiger partial charge in [-0.2, -0.15) is 0 Å². The van der Waals surface area contributed by atoms with E-state index < -0.39 is 47.1 Å². The fourth-order valence-electron chi connectivity index (χ4n) is 11.7. The highest BCUT2D eigenvalue weighted by Gasteiger charge is 2.41. The average molecular weight is 1080 g/mol. The van der Waals surface area contributed by atoms with Gasteiger partial charge in [-0.3, -0.25) is 24.4 Å². The number of carbonyl (C=O) groups is 4. The van der Waals surface area contributed by atoms with E-state index >= 15 is 8.78 Å². The van der Waals surface area contributed by atoms with Crippen molar-refractivity contribution in [2.24, 2.45) is 0 Å². The van der Waals surface area contributed by atoms with E-state index in [0.29, 0.717) is 103 Å². The predicted octanol–water partition coefficient (Wildman–Crippen LogP) is 7.97. The number of alkyl halides is 2. The van der Waals surface area contributed by atoms with Crippen LogP contribution in [0.2, 0.25) is 0 Å². The van der Waals surface area contributed by atoms with Crippen molar-refractivity contribution in [2.45, 2.75) is 125 Å². The molecule has 2 aromatic heterocycles. The van der Waals surface area contributed by atoms with Crippen molar-refractivity contribution in [1.82, 2.24) is 19.8 Å². The first-order chi connectivity index (χ1) is 37.9. The molecule has 6 aliphatic heterocycles. The van der Waals surface area contributed by atoms with Crippen LogP contribution in [0.3, 0.4) is 0 Å². The highest BCUT2D eigenvalue weighted by atomic mass is 19.1. The Balaban J connectivity index is 0.742. The van der Waals surface area contributed by atoms with Crippen LogP contribution >= 0.6 is 0 Å². The highest BCUT2D eigenvalue weighted by molar-refractivity contribution is 5.99. The molecular weight excluding hydrogens is 1000 g/mol. The van der Waals surface area contributed by atoms with Crippen LogP contribution in [0.25, 0.3) is 0 Å². The summed E-state index contributed by atoms with van der Waals surface area (Å²) in [6, 6.07) is 22.8. The second-order valence-electron chi connectivity index (χ2n) is 22.0. The van der Waals surface area contributed by atoms with Crippen molar-refractivity contribution in [1.29, 1.82) is 0 Å². The number of nitrogens with one attached hydrogen (secondary N) is 2. The molecule has 16 nitrogen and oxygen atoms in total. The zero-order valence-corrected chi connectivity index (χ0v) is 44.4. The van der Waals surface area contributed by atoms with Crippen molar-refractivity contribution in [3.63, 3.8) is 0 Å². The number of esters is 4. The summed E-state index contributed by atoms with van der Waals surface area (Å²) >= 11 is 0. The Hall–Kier alpha value is -6.34. The van der Waals surface area contributed by atoms with Crippen molar-refractivity contribution in [2.75, 3.05) is 89.4 Å². The smallest absolute Gasteiger partial charge is 0.338 e. The van der Waals surface area contributed by atoms with Crippen molar-refractivity contribution in [3.05, 3.63) is 119 Å². The molecule has 4 aromatic rings. The number of hydrogen-bond acceptors (Lipinski definition) is 16. The lowest BCUT2D eigenvalue weighted by molar-refractivity contribution is -0.159. The number of likely N-dealkylation sites (tertiary alicyclic amines) is 2. The van der Waals surface area contributed by atoms with Gasteiger partial charge in [0.1, 0.15) is 40.9 Å². The lowest BCUT2D eigenvalue weighted by atomic mass is 9.94. The Labute approximate surface area is 454 Å². The summed E-state index contributed by atoms with van der Waals surface area (Å²) in [6.07, 6.45) is 8.54. The third-order valence-electron chi connectivity index (χ3n) is 15.9. The van der Waals surface area contributed by atoms with Crippen molar-refractivity contribution >= 4 is 35.4 Å². The molecule has 0 aliphatic carbocycles. The lowest BCUT2D eigenvalue weighted by Gasteiger charge is -2.26. The standard InChI is InChI=1S/C60H72F2N6O10/c61-59(21-17-46-13-14-52-53(65-46)10-4-25-63-52)23-27-67(39-59)35-44(42-5-1-8-48(31-42)75-50-19-29-73-37-50)33-56(71)77-54(69)15-16-55(70)78-57(72)34-45(43-6-2-9-49(32-43)76-51-20-30-74-38-51)36-68-28-24-60(62,40-68)22-18-47-12-11-41-7-3-26-64-58(41)66-47/h1-2,5-6,8-9,11-16,31-32,44-45,50-51,63H,3-4,7,10,17-30,33-40H2,(H,64,66)/b16-15-/t44-,45-,50+,51+,59+,60+/m1/s1. The number of aryl methyl sites for hydroxylation is 4. The summed E-state index contributed by atoms with van der Waals surface area (Å²) in [7, 11) is 0. The molecule has 2 N–H and O–H groups in total. The summed E-state index contributed by atoms with van der Waals surface area (Å²) in [5, 5.41) is 6.73. The first kappa shape index (κ1) is 55.0. The molecule has 0 bridgehead atoms. The molecule has 0 radical (unpaired) electrons. The molecule has 0 saturated carbocycles. The van der Waals surface area contributed by atoms with Gasteiger partial charge in [0.2, 0.25) is 0 Å². The maximum atomic E-state index is 16.5. The van der Waals surface area contributed by atoms with Crippen LogP contribution in [0.5, 0.6) is 11.5 Å². The van der Waals surface area contributed by atoms with E-state index in [0.717, 1.165) is 103 Å². The van der Waals surface area contributed by atoms with Gasteiger partial charge in [-0.1, -0.05) is 30.3 Å². The van der Waals surface area contributed by atoms with Crippen molar-refractivity contribution < 1.29 is 56.4 Å². The summed E-state index contributed by atoms with van der Waals surface area (Å²) in [6.45, 7) is 5.85. The van der Waals surface area contributed by atoms with Crippen LogP contribution in [0.1, 0.15) is 110 Å². The van der Waals surface area contributed by atoms with E-state index in [4.69, 9.17) is 38.4 Å². The second kappa shape index (κ2) is 25.6. The summed E-state index contributed by atoms with van der Waals surface area (Å²) < 4.78 is 66.7. The van der Waals surface area contributed by atoms with E-state index in [9.17, 15) is 19.2 Å². The second-order valence-corrected chi connectivity index (χ2v) is 22.0. The van der Waals surface area contributed by atoms with E-state index in [2.05, 4.69) is 16.7 Å². The zero-order valence-electron chi connectivity index (χ0n) is 44.4. The highest BCUT2D eigenvalue weighted by Crippen LogP contribution is 2.37. The Kier molecular flexibility index (Phi) is 18.1. The fraction of sp³-hybridized carbons (Fsp3) is 0.533. The van der Waals surface area contributed by atoms with E-state index in [1.807, 2.05) is 76.5 Å². The number of aromatic nitrogens is 2. The molecule has 6 atom stereocenters. The van der Waals surface area contributed by atoms with Gasteiger partial charge in [-0.05, 0) is 123 Å². The van der Waals surface area contributed by atoms with Crippen LogP contribution in [-0.4, -0.2) is 146 Å². The Morgan fingerprint density at radius 2 is 1.22 bits per heavy atom. The number of anilines is 2. The van der Waals surface area contributed by atoms with E-state index in [1.165, 1.54) is 5.56 Å². The SMILES string of the molecule is O=C(/C=C\C(=O)OC(=O)C[C@H](CN1CC[C@@](F)(CCc2ccc3c(n2)NCCC3)C1)c1cccc(O[C@H]2CCOC2)c1)OC(=O)C[C@H](CN1CC[C@@](F)(CCc2ccc3c(n2)CCCN3)C1)c1cccc(O[C@H]2CCOC2)c1. The molecule has 4 saturated heterocycles.